The summed E-state index contributed by atoms with van der Waals surface area (Å²) in [5.74, 6) is 0.722. The first-order valence-electron chi connectivity index (χ1n) is 8.17. The average Bonchev–Trinajstić information content (AvgIpc) is 2.49. The smallest absolute Gasteiger partial charge is 0.316 e. The maximum Gasteiger partial charge on any atom is 0.316 e. The third-order valence-electron chi connectivity index (χ3n) is 5.04. The van der Waals surface area contributed by atoms with Crippen molar-refractivity contribution in [1.82, 2.24) is 10.6 Å². The highest BCUT2D eigenvalue weighted by molar-refractivity contribution is 5.75. The zero-order valence-electron chi connectivity index (χ0n) is 12.6. The number of carbonyl (C=O) groups is 1. The fourth-order valence-corrected chi connectivity index (χ4v) is 3.53. The molecule has 2 aliphatic rings. The first kappa shape index (κ1) is 15.2. The maximum absolute atomic E-state index is 12.1. The second-order valence-electron chi connectivity index (χ2n) is 6.48. The number of hydrogen-bond donors (Lipinski definition) is 2. The molecule has 112 valence electrons. The number of nitrogens with zero attached hydrogens (tertiary/aromatic N) is 1. The molecule has 0 heterocycles. The summed E-state index contributed by atoms with van der Waals surface area (Å²) in [6, 6.07) is 2.51. The highest BCUT2D eigenvalue weighted by Gasteiger charge is 2.36. The molecule has 0 bridgehead atoms. The third kappa shape index (κ3) is 3.88. The fraction of sp³-hybridized carbons (Fsp3) is 0.875. The highest BCUT2D eigenvalue weighted by atomic mass is 16.2. The van der Waals surface area contributed by atoms with Gasteiger partial charge in [0, 0.05) is 6.04 Å². The molecule has 0 aromatic heterocycles. The van der Waals surface area contributed by atoms with E-state index in [0.717, 1.165) is 44.4 Å². The molecule has 20 heavy (non-hydrogen) atoms. The lowest BCUT2D eigenvalue weighted by Crippen LogP contribution is -2.54. The van der Waals surface area contributed by atoms with Crippen LogP contribution in [0, 0.1) is 17.2 Å². The lowest BCUT2D eigenvalue weighted by molar-refractivity contribution is 0.202. The molecule has 0 saturated heterocycles. The second kappa shape index (κ2) is 6.97. The van der Waals surface area contributed by atoms with E-state index >= 15 is 0 Å². The van der Waals surface area contributed by atoms with Crippen LogP contribution >= 0.6 is 0 Å². The normalized spacial score (nSPS) is 31.3. The molecule has 2 N–H and O–H groups in total. The van der Waals surface area contributed by atoms with Gasteiger partial charge >= 0.3 is 6.03 Å². The highest BCUT2D eigenvalue weighted by Crippen LogP contribution is 2.33. The Morgan fingerprint density at radius 1 is 1.20 bits per heavy atom. The molecule has 0 unspecified atom stereocenters. The van der Waals surface area contributed by atoms with E-state index in [-0.39, 0.29) is 6.03 Å². The lowest BCUT2D eigenvalue weighted by Gasteiger charge is -2.36. The number of nitriles is 1. The van der Waals surface area contributed by atoms with E-state index in [2.05, 4.69) is 23.6 Å². The van der Waals surface area contributed by atoms with Crippen LogP contribution in [0.3, 0.4) is 0 Å². The summed E-state index contributed by atoms with van der Waals surface area (Å²) in [7, 11) is 0. The monoisotopic (exact) mass is 277 g/mol. The summed E-state index contributed by atoms with van der Waals surface area (Å²) in [5.41, 5.74) is -0.635. The Morgan fingerprint density at radius 2 is 1.85 bits per heavy atom. The van der Waals surface area contributed by atoms with Crippen LogP contribution in [0.1, 0.15) is 71.1 Å². The molecular formula is C16H27N3O. The Morgan fingerprint density at radius 3 is 2.40 bits per heavy atom. The van der Waals surface area contributed by atoms with Crippen molar-refractivity contribution in [3.63, 3.8) is 0 Å². The van der Waals surface area contributed by atoms with Gasteiger partial charge in [-0.25, -0.2) is 4.79 Å². The number of hydrogen-bond acceptors (Lipinski definition) is 2. The molecule has 2 aliphatic carbocycles. The SMILES string of the molecule is CCC1CCC(C#N)(NC(=O)NC2CCCCC2)CC1. The Hall–Kier alpha value is -1.24. The minimum atomic E-state index is -0.635. The second-order valence-corrected chi connectivity index (χ2v) is 6.48. The van der Waals surface area contributed by atoms with Crippen LogP contribution < -0.4 is 10.6 Å². The molecular weight excluding hydrogens is 250 g/mol. The number of amides is 2. The Labute approximate surface area is 122 Å². The van der Waals surface area contributed by atoms with E-state index in [1.54, 1.807) is 0 Å². The zero-order chi connectivity index (χ0) is 14.4. The molecule has 2 saturated carbocycles. The Balaban J connectivity index is 1.83. The minimum absolute atomic E-state index is 0.145. The fourth-order valence-electron chi connectivity index (χ4n) is 3.53. The van der Waals surface area contributed by atoms with Gasteiger partial charge in [0.2, 0.25) is 0 Å². The minimum Gasteiger partial charge on any atom is -0.335 e. The van der Waals surface area contributed by atoms with E-state index in [1.807, 2.05) is 0 Å². The van der Waals surface area contributed by atoms with Crippen molar-refractivity contribution in [3.8, 4) is 6.07 Å². The van der Waals surface area contributed by atoms with E-state index < -0.39 is 5.54 Å². The summed E-state index contributed by atoms with van der Waals surface area (Å²) in [4.78, 5) is 12.1. The van der Waals surface area contributed by atoms with E-state index in [0.29, 0.717) is 6.04 Å². The van der Waals surface area contributed by atoms with Crippen LogP contribution in [0.25, 0.3) is 0 Å². The summed E-state index contributed by atoms with van der Waals surface area (Å²) in [6.07, 6.45) is 10.7. The van der Waals surface area contributed by atoms with Crippen molar-refractivity contribution >= 4 is 6.03 Å². The molecule has 0 aromatic carbocycles. The number of urea groups is 1. The maximum atomic E-state index is 12.1. The van der Waals surface area contributed by atoms with Gasteiger partial charge in [-0.15, -0.1) is 0 Å². The van der Waals surface area contributed by atoms with Crippen molar-refractivity contribution in [1.29, 1.82) is 5.26 Å². The largest absolute Gasteiger partial charge is 0.335 e. The molecule has 2 amide bonds. The van der Waals surface area contributed by atoms with E-state index in [1.165, 1.54) is 25.7 Å². The quantitative estimate of drug-likeness (QED) is 0.829. The predicted molar refractivity (Wildman–Crippen MR) is 79.1 cm³/mol. The van der Waals surface area contributed by atoms with Gasteiger partial charge in [-0.05, 0) is 44.4 Å². The molecule has 0 aliphatic heterocycles. The lowest BCUT2D eigenvalue weighted by atomic mass is 9.76. The summed E-state index contributed by atoms with van der Waals surface area (Å²) in [5, 5.41) is 15.5. The molecule has 0 aromatic rings. The van der Waals surface area contributed by atoms with Crippen molar-refractivity contribution < 1.29 is 4.79 Å². The van der Waals surface area contributed by atoms with Crippen molar-refractivity contribution in [2.45, 2.75) is 82.7 Å². The van der Waals surface area contributed by atoms with Gasteiger partial charge in [-0.2, -0.15) is 5.26 Å². The first-order valence-corrected chi connectivity index (χ1v) is 8.17. The Bertz CT molecular complexity index is 360. The van der Waals surface area contributed by atoms with Crippen LogP contribution in [0.5, 0.6) is 0 Å². The van der Waals surface area contributed by atoms with Crippen LogP contribution in [0.2, 0.25) is 0 Å². The van der Waals surface area contributed by atoms with Gasteiger partial charge < -0.3 is 10.6 Å². The van der Waals surface area contributed by atoms with Gasteiger partial charge in [0.25, 0.3) is 0 Å². The topological polar surface area (TPSA) is 64.9 Å². The van der Waals surface area contributed by atoms with Crippen LogP contribution in [0.15, 0.2) is 0 Å². The molecule has 0 atom stereocenters. The number of rotatable bonds is 3. The molecule has 2 rings (SSSR count). The Kier molecular flexibility index (Phi) is 5.28. The molecule has 2 fully saturated rings. The van der Waals surface area contributed by atoms with Crippen molar-refractivity contribution in [2.75, 3.05) is 0 Å². The van der Waals surface area contributed by atoms with Crippen molar-refractivity contribution in [2.24, 2.45) is 5.92 Å². The van der Waals surface area contributed by atoms with Crippen LogP contribution in [-0.4, -0.2) is 17.6 Å². The molecule has 4 nitrogen and oxygen atoms in total. The van der Waals surface area contributed by atoms with Gasteiger partial charge in [0.05, 0.1) is 6.07 Å². The number of nitrogens with one attached hydrogen (secondary N) is 2. The van der Waals surface area contributed by atoms with Crippen molar-refractivity contribution in [3.05, 3.63) is 0 Å². The third-order valence-corrected chi connectivity index (χ3v) is 5.04. The molecule has 0 radical (unpaired) electrons. The summed E-state index contributed by atoms with van der Waals surface area (Å²) in [6.45, 7) is 2.20. The standard InChI is InChI=1S/C16H27N3O/c1-2-13-8-10-16(12-17,11-9-13)19-15(20)18-14-6-4-3-5-7-14/h13-14H,2-11H2,1H3,(H2,18,19,20). The van der Waals surface area contributed by atoms with Crippen LogP contribution in [-0.2, 0) is 0 Å². The number of carbonyl (C=O) groups excluding carboxylic acids is 1. The van der Waals surface area contributed by atoms with Gasteiger partial charge in [0.15, 0.2) is 0 Å². The van der Waals surface area contributed by atoms with Gasteiger partial charge in [0.1, 0.15) is 5.54 Å². The molecule has 4 heteroatoms. The van der Waals surface area contributed by atoms with Gasteiger partial charge in [-0.3, -0.25) is 0 Å². The van der Waals surface area contributed by atoms with E-state index in [9.17, 15) is 10.1 Å². The van der Waals surface area contributed by atoms with Crippen LogP contribution in [0.4, 0.5) is 4.79 Å². The van der Waals surface area contributed by atoms with E-state index in [4.69, 9.17) is 0 Å². The van der Waals surface area contributed by atoms with Gasteiger partial charge in [-0.1, -0.05) is 32.6 Å². The average molecular weight is 277 g/mol. The zero-order valence-corrected chi connectivity index (χ0v) is 12.6. The summed E-state index contributed by atoms with van der Waals surface area (Å²) >= 11 is 0. The summed E-state index contributed by atoms with van der Waals surface area (Å²) < 4.78 is 0. The molecule has 0 spiro atoms. The first-order chi connectivity index (χ1) is 9.67. The predicted octanol–water partition coefficient (Wildman–Crippen LogP) is 3.48.